The molecule has 0 heterocycles. The van der Waals surface area contributed by atoms with E-state index < -0.39 is 0 Å². The van der Waals surface area contributed by atoms with Crippen LogP contribution in [0, 0.1) is 11.8 Å². The van der Waals surface area contributed by atoms with Gasteiger partial charge in [-0.2, -0.15) is 0 Å². The zero-order valence-corrected chi connectivity index (χ0v) is 9.77. The van der Waals surface area contributed by atoms with Gasteiger partial charge in [0.25, 0.3) is 0 Å². The molecule has 0 amide bonds. The minimum absolute atomic E-state index is 0.0445. The lowest BCUT2D eigenvalue weighted by Gasteiger charge is -2.20. The molecule has 90 valence electrons. The second-order valence-corrected chi connectivity index (χ2v) is 4.78. The molecule has 2 aliphatic rings. The van der Waals surface area contributed by atoms with Gasteiger partial charge in [-0.25, -0.2) is 0 Å². The summed E-state index contributed by atoms with van der Waals surface area (Å²) in [5.74, 6) is 0.379. The van der Waals surface area contributed by atoms with E-state index in [9.17, 15) is 9.59 Å². The summed E-state index contributed by atoms with van der Waals surface area (Å²) < 4.78 is 10.6. The molecular weight excluding hydrogens is 208 g/mol. The Kier molecular flexibility index (Phi) is 3.17. The van der Waals surface area contributed by atoms with E-state index in [-0.39, 0.29) is 24.1 Å². The van der Waals surface area contributed by atoms with Crippen LogP contribution in [0.5, 0.6) is 0 Å². The van der Waals surface area contributed by atoms with Crippen LogP contribution in [-0.2, 0) is 19.1 Å². The average molecular weight is 226 g/mol. The van der Waals surface area contributed by atoms with Crippen LogP contribution in [0.1, 0.15) is 39.5 Å². The van der Waals surface area contributed by atoms with Crippen LogP contribution in [0.3, 0.4) is 0 Å². The SMILES string of the molecule is CC(=O)OC1CCC2C(OC(C)=O)CCC12. The minimum atomic E-state index is -0.207. The monoisotopic (exact) mass is 226 g/mol. The van der Waals surface area contributed by atoms with Crippen molar-refractivity contribution < 1.29 is 19.1 Å². The minimum Gasteiger partial charge on any atom is -0.462 e. The molecule has 4 heteroatoms. The topological polar surface area (TPSA) is 52.6 Å². The van der Waals surface area contributed by atoms with Gasteiger partial charge in [0.2, 0.25) is 0 Å². The Morgan fingerprint density at radius 3 is 1.50 bits per heavy atom. The maximum absolute atomic E-state index is 10.9. The molecule has 0 aromatic rings. The Morgan fingerprint density at radius 2 is 1.19 bits per heavy atom. The summed E-state index contributed by atoms with van der Waals surface area (Å²) in [6.07, 6.45) is 3.91. The number of hydrogen-bond acceptors (Lipinski definition) is 4. The van der Waals surface area contributed by atoms with E-state index in [1.54, 1.807) is 0 Å². The summed E-state index contributed by atoms with van der Waals surface area (Å²) in [4.78, 5) is 21.9. The van der Waals surface area contributed by atoms with E-state index >= 15 is 0 Å². The third-order valence-electron chi connectivity index (χ3n) is 3.71. The van der Waals surface area contributed by atoms with Gasteiger partial charge in [0, 0.05) is 25.7 Å². The number of carbonyl (C=O) groups excluding carboxylic acids is 2. The third kappa shape index (κ3) is 2.20. The summed E-state index contributed by atoms with van der Waals surface area (Å²) in [5.41, 5.74) is 0. The van der Waals surface area contributed by atoms with Gasteiger partial charge in [-0.3, -0.25) is 9.59 Å². The van der Waals surface area contributed by atoms with Crippen molar-refractivity contribution in [1.29, 1.82) is 0 Å². The van der Waals surface area contributed by atoms with Gasteiger partial charge >= 0.3 is 11.9 Å². The normalized spacial score (nSPS) is 36.9. The molecule has 0 bridgehead atoms. The molecule has 2 rings (SSSR count). The zero-order chi connectivity index (χ0) is 11.7. The van der Waals surface area contributed by atoms with E-state index in [0.717, 1.165) is 25.7 Å². The van der Waals surface area contributed by atoms with Crippen molar-refractivity contribution in [3.05, 3.63) is 0 Å². The molecule has 4 atom stereocenters. The maximum Gasteiger partial charge on any atom is 0.302 e. The van der Waals surface area contributed by atoms with Gasteiger partial charge in [-0.15, -0.1) is 0 Å². The number of ether oxygens (including phenoxy) is 2. The quantitative estimate of drug-likeness (QED) is 0.672. The highest BCUT2D eigenvalue weighted by molar-refractivity contribution is 5.66. The van der Waals surface area contributed by atoms with Crippen LogP contribution in [0.2, 0.25) is 0 Å². The molecule has 16 heavy (non-hydrogen) atoms. The van der Waals surface area contributed by atoms with E-state index in [2.05, 4.69) is 0 Å². The molecular formula is C12H18O4. The summed E-state index contributed by atoms with van der Waals surface area (Å²) in [7, 11) is 0. The second-order valence-electron chi connectivity index (χ2n) is 4.78. The number of fused-ring (bicyclic) bond motifs is 1. The van der Waals surface area contributed by atoms with Crippen molar-refractivity contribution >= 4 is 11.9 Å². The van der Waals surface area contributed by atoms with Crippen molar-refractivity contribution in [1.82, 2.24) is 0 Å². The lowest BCUT2D eigenvalue weighted by atomic mass is 9.98. The molecule has 0 saturated heterocycles. The molecule has 0 aliphatic heterocycles. The van der Waals surface area contributed by atoms with Crippen molar-refractivity contribution in [2.75, 3.05) is 0 Å². The second kappa shape index (κ2) is 4.44. The van der Waals surface area contributed by atoms with Gasteiger partial charge in [-0.1, -0.05) is 0 Å². The largest absolute Gasteiger partial charge is 0.462 e. The Bertz CT molecular complexity index is 269. The number of carbonyl (C=O) groups is 2. The molecule has 0 aromatic carbocycles. The highest BCUT2D eigenvalue weighted by Crippen LogP contribution is 2.46. The van der Waals surface area contributed by atoms with Gasteiger partial charge in [0.1, 0.15) is 12.2 Å². The fourth-order valence-corrected chi connectivity index (χ4v) is 3.21. The van der Waals surface area contributed by atoms with E-state index in [4.69, 9.17) is 9.47 Å². The van der Waals surface area contributed by atoms with Crippen molar-refractivity contribution in [2.24, 2.45) is 11.8 Å². The Morgan fingerprint density at radius 1 is 0.812 bits per heavy atom. The summed E-state index contributed by atoms with van der Waals surface area (Å²) >= 11 is 0. The van der Waals surface area contributed by atoms with Crippen molar-refractivity contribution in [2.45, 2.75) is 51.7 Å². The van der Waals surface area contributed by atoms with Gasteiger partial charge in [-0.05, 0) is 25.7 Å². The summed E-state index contributed by atoms with van der Waals surface area (Å²) in [6, 6.07) is 0. The van der Waals surface area contributed by atoms with Crippen LogP contribution in [0.25, 0.3) is 0 Å². The third-order valence-corrected chi connectivity index (χ3v) is 3.71. The molecule has 2 saturated carbocycles. The first-order valence-electron chi connectivity index (χ1n) is 5.92. The van der Waals surface area contributed by atoms with Crippen LogP contribution < -0.4 is 0 Å². The first kappa shape index (κ1) is 11.4. The fourth-order valence-electron chi connectivity index (χ4n) is 3.21. The first-order valence-corrected chi connectivity index (χ1v) is 5.92. The molecule has 2 aliphatic carbocycles. The molecule has 4 unspecified atom stereocenters. The molecule has 0 radical (unpaired) electrons. The van der Waals surface area contributed by atoms with Crippen LogP contribution in [-0.4, -0.2) is 24.1 Å². The maximum atomic E-state index is 10.9. The average Bonchev–Trinajstić information content (AvgIpc) is 2.70. The summed E-state index contributed by atoms with van der Waals surface area (Å²) in [6.45, 7) is 2.90. The standard InChI is InChI=1S/C12H18O4/c1-7(13)15-11-5-3-10-9(11)4-6-12(10)16-8(2)14/h9-12H,3-6H2,1-2H3. The first-order chi connectivity index (χ1) is 7.58. The highest BCUT2D eigenvalue weighted by Gasteiger charge is 2.47. The fraction of sp³-hybridized carbons (Fsp3) is 0.833. The van der Waals surface area contributed by atoms with Crippen molar-refractivity contribution in [3.63, 3.8) is 0 Å². The van der Waals surface area contributed by atoms with Crippen LogP contribution >= 0.6 is 0 Å². The number of esters is 2. The van der Waals surface area contributed by atoms with E-state index in [1.165, 1.54) is 13.8 Å². The van der Waals surface area contributed by atoms with Crippen LogP contribution in [0.4, 0.5) is 0 Å². The lowest BCUT2D eigenvalue weighted by Crippen LogP contribution is -2.25. The molecule has 0 aromatic heterocycles. The number of hydrogen-bond donors (Lipinski definition) is 0. The highest BCUT2D eigenvalue weighted by atomic mass is 16.6. The Balaban J connectivity index is 1.95. The molecule has 0 N–H and O–H groups in total. The van der Waals surface area contributed by atoms with E-state index in [1.807, 2.05) is 0 Å². The Hall–Kier alpha value is -1.06. The predicted octanol–water partition coefficient (Wildman–Crippen LogP) is 1.67. The Labute approximate surface area is 95.3 Å². The predicted molar refractivity (Wildman–Crippen MR) is 56.6 cm³/mol. The van der Waals surface area contributed by atoms with Gasteiger partial charge in [0.05, 0.1) is 0 Å². The summed E-state index contributed by atoms with van der Waals surface area (Å²) in [5, 5.41) is 0. The van der Waals surface area contributed by atoms with Crippen molar-refractivity contribution in [3.8, 4) is 0 Å². The lowest BCUT2D eigenvalue weighted by molar-refractivity contribution is -0.150. The van der Waals surface area contributed by atoms with Crippen LogP contribution in [0.15, 0.2) is 0 Å². The van der Waals surface area contributed by atoms with Gasteiger partial charge in [0.15, 0.2) is 0 Å². The smallest absolute Gasteiger partial charge is 0.302 e. The van der Waals surface area contributed by atoms with E-state index in [0.29, 0.717) is 11.8 Å². The number of rotatable bonds is 2. The molecule has 0 spiro atoms. The molecule has 4 nitrogen and oxygen atoms in total. The van der Waals surface area contributed by atoms with Gasteiger partial charge < -0.3 is 9.47 Å². The zero-order valence-electron chi connectivity index (χ0n) is 9.77. The molecule has 2 fully saturated rings.